The molecular weight excluding hydrogens is 896 g/mol. The molecule has 1 unspecified atom stereocenters. The van der Waals surface area contributed by atoms with Gasteiger partial charge in [0.15, 0.2) is 0 Å². The Labute approximate surface area is 316 Å². The van der Waals surface area contributed by atoms with Crippen LogP contribution in [-0.2, 0) is 31.3 Å². The summed E-state index contributed by atoms with van der Waals surface area (Å²) < 4.78 is 58.8. The summed E-state index contributed by atoms with van der Waals surface area (Å²) >= 11 is 17.3. The van der Waals surface area contributed by atoms with Crippen molar-refractivity contribution in [3.63, 3.8) is 0 Å². The van der Waals surface area contributed by atoms with Crippen LogP contribution >= 0.6 is 70.7 Å². The van der Waals surface area contributed by atoms with Crippen LogP contribution in [-0.4, -0.2) is 69.4 Å². The molecule has 0 radical (unpaired) electrons. The fourth-order valence-electron chi connectivity index (χ4n) is 6.26. The first-order chi connectivity index (χ1) is 22.7. The molecule has 2 aromatic heterocycles. The number of carbonyl (C=O) groups is 1. The zero-order valence-electron chi connectivity index (χ0n) is 25.8. The van der Waals surface area contributed by atoms with Gasteiger partial charge in [0.2, 0.25) is 10.0 Å². The summed E-state index contributed by atoms with van der Waals surface area (Å²) in [5.74, 6) is 0.496. The first kappa shape index (κ1) is 38.1. The van der Waals surface area contributed by atoms with E-state index in [1.54, 1.807) is 34.6 Å². The number of benzene rings is 1. The molecule has 4 heterocycles. The molecule has 5 rings (SSSR count). The zero-order chi connectivity index (χ0) is 34.6. The van der Waals surface area contributed by atoms with E-state index in [9.17, 15) is 26.7 Å². The Morgan fingerprint density at radius 2 is 1.58 bits per heavy atom. The van der Waals surface area contributed by atoms with Crippen molar-refractivity contribution in [2.24, 2.45) is 11.8 Å². The van der Waals surface area contributed by atoms with E-state index in [1.165, 1.54) is 12.3 Å². The number of aliphatic carboxylic acids is 1. The molecule has 2 aliphatic rings. The lowest BCUT2D eigenvalue weighted by Crippen LogP contribution is -2.42. The molecule has 17 heteroatoms. The van der Waals surface area contributed by atoms with Gasteiger partial charge in [-0.25, -0.2) is 21.8 Å². The Hall–Kier alpha value is -1.11. The molecule has 0 spiro atoms. The second-order valence-corrected chi connectivity index (χ2v) is 20.3. The number of nitrogens with zero attached hydrogens (tertiary/aromatic N) is 3. The highest BCUT2D eigenvalue weighted by atomic mass is 79.9. The van der Waals surface area contributed by atoms with Gasteiger partial charge in [-0.05, 0) is 93.1 Å². The second-order valence-electron chi connectivity index (χ2n) is 12.2. The maximum atomic E-state index is 13.2. The van der Waals surface area contributed by atoms with Crippen molar-refractivity contribution < 1.29 is 26.7 Å². The number of anilines is 1. The highest BCUT2D eigenvalue weighted by molar-refractivity contribution is 9.11. The van der Waals surface area contributed by atoms with Crippen LogP contribution in [0, 0.1) is 11.8 Å². The summed E-state index contributed by atoms with van der Waals surface area (Å²) in [5.41, 5.74) is 0.675. The van der Waals surface area contributed by atoms with Crippen LogP contribution in [0.3, 0.4) is 0 Å². The molecule has 2 fully saturated rings. The Balaban J connectivity index is 1.07. The molecule has 0 aliphatic carbocycles. The number of pyridine rings is 1. The van der Waals surface area contributed by atoms with Gasteiger partial charge in [-0.3, -0.25) is 4.79 Å². The highest BCUT2D eigenvalue weighted by Gasteiger charge is 2.32. The minimum atomic E-state index is -4.16. The van der Waals surface area contributed by atoms with Crippen LogP contribution < -0.4 is 9.62 Å². The van der Waals surface area contributed by atoms with E-state index in [-0.39, 0.29) is 15.5 Å². The Bertz CT molecular complexity index is 1810. The molecular formula is C31H36Br3ClN4O6S3. The molecule has 2 saturated heterocycles. The van der Waals surface area contributed by atoms with Gasteiger partial charge in [0.05, 0.1) is 4.47 Å². The first-order valence-corrected chi connectivity index (χ1v) is 22.1. The van der Waals surface area contributed by atoms with Crippen molar-refractivity contribution in [1.29, 1.82) is 0 Å². The Morgan fingerprint density at radius 1 is 0.958 bits per heavy atom. The van der Waals surface area contributed by atoms with Crippen LogP contribution in [0.25, 0.3) is 0 Å². The van der Waals surface area contributed by atoms with Gasteiger partial charge in [0, 0.05) is 47.7 Å². The molecule has 0 saturated carbocycles. The third kappa shape index (κ3) is 9.40. The molecule has 48 heavy (non-hydrogen) atoms. The summed E-state index contributed by atoms with van der Waals surface area (Å²) in [7, 11) is -7.67. The molecule has 0 amide bonds. The summed E-state index contributed by atoms with van der Waals surface area (Å²) in [6.45, 7) is 2.66. The molecule has 2 N–H and O–H groups in total. The third-order valence-electron chi connectivity index (χ3n) is 9.01. The molecule has 2 aliphatic heterocycles. The Morgan fingerprint density at radius 3 is 2.15 bits per heavy atom. The van der Waals surface area contributed by atoms with Crippen molar-refractivity contribution in [3.8, 4) is 0 Å². The molecule has 10 nitrogen and oxygen atoms in total. The molecule has 1 aromatic carbocycles. The molecule has 0 bridgehead atoms. The van der Waals surface area contributed by atoms with E-state index in [4.69, 9.17) is 11.6 Å². The minimum absolute atomic E-state index is 0.0221. The van der Waals surface area contributed by atoms with Crippen LogP contribution in [0.4, 0.5) is 5.82 Å². The normalized spacial score (nSPS) is 17.9. The fraction of sp³-hybridized carbons (Fsp3) is 0.484. The predicted molar refractivity (Wildman–Crippen MR) is 199 cm³/mol. The maximum absolute atomic E-state index is 13.2. The maximum Gasteiger partial charge on any atom is 0.322 e. The van der Waals surface area contributed by atoms with Gasteiger partial charge in [-0.15, -0.1) is 11.3 Å². The summed E-state index contributed by atoms with van der Waals surface area (Å²) in [5, 5.41) is 9.73. The van der Waals surface area contributed by atoms with Gasteiger partial charge in [-0.2, -0.15) is 9.03 Å². The fourth-order valence-corrected chi connectivity index (χ4v) is 12.5. The van der Waals surface area contributed by atoms with Gasteiger partial charge >= 0.3 is 5.97 Å². The number of nitrogens with one attached hydrogen (secondary N) is 1. The Kier molecular flexibility index (Phi) is 13.1. The zero-order valence-corrected chi connectivity index (χ0v) is 33.8. The smallest absolute Gasteiger partial charge is 0.322 e. The number of carboxylic acids is 1. The first-order valence-electron chi connectivity index (χ1n) is 15.6. The predicted octanol–water partition coefficient (Wildman–Crippen LogP) is 7.55. The van der Waals surface area contributed by atoms with E-state index < -0.39 is 32.1 Å². The van der Waals surface area contributed by atoms with Gasteiger partial charge in [-0.1, -0.05) is 65.0 Å². The largest absolute Gasteiger partial charge is 0.480 e. The van der Waals surface area contributed by atoms with E-state index in [1.807, 2.05) is 0 Å². The topological polar surface area (TPSA) is 137 Å². The van der Waals surface area contributed by atoms with E-state index in [2.05, 4.69) is 62.4 Å². The minimum Gasteiger partial charge on any atom is -0.480 e. The van der Waals surface area contributed by atoms with Gasteiger partial charge in [0.1, 0.15) is 25.3 Å². The number of rotatable bonds is 13. The van der Waals surface area contributed by atoms with Crippen molar-refractivity contribution in [3.05, 3.63) is 65.9 Å². The standard InChI is InChI=1S/C31H36Br3ClN4O6S3/c32-24-7-2-1-6-22(24)16-27(31(40)41)37-47(42,43)23-17-26(34)30(36-19-23)38-12-8-20(9-13-38)4-3-5-21-10-14-39(15-11-21)48(44,45)28-18-25(33)29(35)46-28/h1-2,6-7,17-21,27,37H,3-5,8-16H2,(H,40,41). The van der Waals surface area contributed by atoms with Crippen LogP contribution in [0.15, 0.2) is 65.1 Å². The summed E-state index contributed by atoms with van der Waals surface area (Å²) in [6, 6.07) is 8.79. The summed E-state index contributed by atoms with van der Waals surface area (Å²) in [6.07, 6.45) is 8.30. The monoisotopic (exact) mass is 928 g/mol. The van der Waals surface area contributed by atoms with Gasteiger partial charge < -0.3 is 10.0 Å². The number of sulfonamides is 2. The van der Waals surface area contributed by atoms with Crippen molar-refractivity contribution in [1.82, 2.24) is 14.0 Å². The molecule has 1 atom stereocenters. The highest BCUT2D eigenvalue weighted by Crippen LogP contribution is 2.38. The van der Waals surface area contributed by atoms with E-state index in [0.717, 1.165) is 69.4 Å². The van der Waals surface area contributed by atoms with Crippen molar-refractivity contribution in [2.75, 3.05) is 31.1 Å². The number of aromatic nitrogens is 1. The number of halogens is 4. The quantitative estimate of drug-likeness (QED) is 0.180. The van der Waals surface area contributed by atoms with E-state index in [0.29, 0.717) is 54.1 Å². The van der Waals surface area contributed by atoms with Gasteiger partial charge in [0.25, 0.3) is 10.0 Å². The number of hydrogen-bond acceptors (Lipinski definition) is 8. The average molecular weight is 932 g/mol. The SMILES string of the molecule is O=C(O)C(Cc1ccccc1Br)NS(=O)(=O)c1cnc(N2CCC(CCCC3CCN(S(=O)(=O)c4cc(Br)c(Cl)s4)CC3)CC2)c(Br)c1. The number of hydrogen-bond donors (Lipinski definition) is 2. The average Bonchev–Trinajstić information content (AvgIpc) is 3.40. The number of piperidine rings is 2. The molecule has 262 valence electrons. The van der Waals surface area contributed by atoms with Crippen molar-refractivity contribution >= 4 is 103 Å². The summed E-state index contributed by atoms with van der Waals surface area (Å²) in [4.78, 5) is 18.4. The van der Waals surface area contributed by atoms with Crippen LogP contribution in [0.1, 0.15) is 50.5 Å². The second kappa shape index (κ2) is 16.5. The van der Waals surface area contributed by atoms with Crippen LogP contribution in [0.2, 0.25) is 4.34 Å². The van der Waals surface area contributed by atoms with Crippen molar-refractivity contribution in [2.45, 2.75) is 66.5 Å². The number of carboxylic acid groups (broad SMARTS) is 1. The van der Waals surface area contributed by atoms with E-state index >= 15 is 0 Å². The van der Waals surface area contributed by atoms with Crippen LogP contribution in [0.5, 0.6) is 0 Å². The third-order valence-corrected chi connectivity index (χ3v) is 16.6. The lowest BCUT2D eigenvalue weighted by atomic mass is 9.87. The lowest BCUT2D eigenvalue weighted by Gasteiger charge is -2.34. The lowest BCUT2D eigenvalue weighted by molar-refractivity contribution is -0.138. The number of thiophene rings is 1. The molecule has 3 aromatic rings.